The molecule has 3 aromatic rings. The first-order valence-corrected chi connectivity index (χ1v) is 6.99. The lowest BCUT2D eigenvalue weighted by atomic mass is 10.1. The molecule has 0 amide bonds. The highest BCUT2D eigenvalue weighted by atomic mass is 35.5. The summed E-state index contributed by atoms with van der Waals surface area (Å²) in [4.78, 5) is 0. The van der Waals surface area contributed by atoms with E-state index in [1.807, 2.05) is 55.5 Å². The van der Waals surface area contributed by atoms with E-state index >= 15 is 0 Å². The Kier molecular flexibility index (Phi) is 3.93. The molecule has 0 atom stereocenters. The Labute approximate surface area is 128 Å². The fourth-order valence-electron chi connectivity index (χ4n) is 2.02. The van der Waals surface area contributed by atoms with Gasteiger partial charge in [0.25, 0.3) is 0 Å². The summed E-state index contributed by atoms with van der Waals surface area (Å²) in [6.07, 6.45) is 1.56. The molecule has 106 valence electrons. The van der Waals surface area contributed by atoms with E-state index in [1.54, 1.807) is 6.26 Å². The minimum Gasteiger partial charge on any atom is -0.489 e. The van der Waals surface area contributed by atoms with Gasteiger partial charge in [0, 0.05) is 16.7 Å². The summed E-state index contributed by atoms with van der Waals surface area (Å²) >= 11 is 5.98. The minimum atomic E-state index is 0.500. The molecule has 0 spiro atoms. The number of halogens is 1. The molecule has 0 fully saturated rings. The monoisotopic (exact) mass is 299 g/mol. The van der Waals surface area contributed by atoms with E-state index in [0.717, 1.165) is 28.1 Å². The summed E-state index contributed by atoms with van der Waals surface area (Å²) in [6, 6.07) is 15.5. The summed E-state index contributed by atoms with van der Waals surface area (Å²) < 4.78 is 10.7. The van der Waals surface area contributed by atoms with Crippen LogP contribution < -0.4 is 4.74 Å². The molecule has 0 aliphatic carbocycles. The lowest BCUT2D eigenvalue weighted by Crippen LogP contribution is -1.97. The number of aromatic nitrogens is 1. The number of hydrogen-bond acceptors (Lipinski definition) is 3. The van der Waals surface area contributed by atoms with Crippen molar-refractivity contribution in [2.75, 3.05) is 0 Å². The molecule has 3 nitrogen and oxygen atoms in total. The third-order valence-electron chi connectivity index (χ3n) is 3.23. The standard InChI is InChI=1S/C17H14ClNO2/c1-12-2-7-15(18)10-17(12)20-11-13-3-5-14(6-4-13)16-8-9-21-19-16/h2-10H,11H2,1H3. The molecule has 21 heavy (non-hydrogen) atoms. The SMILES string of the molecule is Cc1ccc(Cl)cc1OCc1ccc(-c2ccon2)cc1. The first-order valence-electron chi connectivity index (χ1n) is 6.61. The largest absolute Gasteiger partial charge is 0.489 e. The van der Waals surface area contributed by atoms with Gasteiger partial charge >= 0.3 is 0 Å². The van der Waals surface area contributed by atoms with Gasteiger partial charge in [0.15, 0.2) is 0 Å². The van der Waals surface area contributed by atoms with Crippen LogP contribution in [0.25, 0.3) is 11.3 Å². The molecule has 0 bridgehead atoms. The van der Waals surface area contributed by atoms with E-state index in [2.05, 4.69) is 5.16 Å². The highest BCUT2D eigenvalue weighted by Gasteiger charge is 2.03. The predicted octanol–water partition coefficient (Wildman–Crippen LogP) is 4.88. The summed E-state index contributed by atoms with van der Waals surface area (Å²) in [5.74, 6) is 0.808. The Bertz CT molecular complexity index is 721. The third-order valence-corrected chi connectivity index (χ3v) is 3.47. The highest BCUT2D eigenvalue weighted by Crippen LogP contribution is 2.24. The second-order valence-electron chi connectivity index (χ2n) is 4.78. The van der Waals surface area contributed by atoms with E-state index in [-0.39, 0.29) is 0 Å². The molecule has 0 aliphatic heterocycles. The molecule has 0 unspecified atom stereocenters. The van der Waals surface area contributed by atoms with Gasteiger partial charge in [0.05, 0.1) is 0 Å². The Morgan fingerprint density at radius 3 is 2.62 bits per heavy atom. The summed E-state index contributed by atoms with van der Waals surface area (Å²) in [7, 11) is 0. The first kappa shape index (κ1) is 13.7. The molecular weight excluding hydrogens is 286 g/mol. The van der Waals surface area contributed by atoms with Gasteiger partial charge in [-0.3, -0.25) is 0 Å². The lowest BCUT2D eigenvalue weighted by Gasteiger charge is -2.09. The summed E-state index contributed by atoms with van der Waals surface area (Å²) in [6.45, 7) is 2.50. The number of rotatable bonds is 4. The second-order valence-corrected chi connectivity index (χ2v) is 5.22. The number of hydrogen-bond donors (Lipinski definition) is 0. The van der Waals surface area contributed by atoms with E-state index in [0.29, 0.717) is 11.6 Å². The van der Waals surface area contributed by atoms with Crippen molar-refractivity contribution in [3.63, 3.8) is 0 Å². The van der Waals surface area contributed by atoms with Crippen LogP contribution in [0.5, 0.6) is 5.75 Å². The molecule has 3 rings (SSSR count). The molecule has 0 N–H and O–H groups in total. The van der Waals surface area contributed by atoms with Gasteiger partial charge in [0.2, 0.25) is 0 Å². The lowest BCUT2D eigenvalue weighted by molar-refractivity contribution is 0.304. The molecule has 0 saturated carbocycles. The van der Waals surface area contributed by atoms with Crippen molar-refractivity contribution >= 4 is 11.6 Å². The zero-order valence-corrected chi connectivity index (χ0v) is 12.3. The van der Waals surface area contributed by atoms with Crippen LogP contribution in [0.1, 0.15) is 11.1 Å². The Morgan fingerprint density at radius 1 is 1.10 bits per heavy atom. The van der Waals surface area contributed by atoms with Crippen molar-refractivity contribution in [2.24, 2.45) is 0 Å². The first-order chi connectivity index (χ1) is 10.2. The molecule has 0 saturated heterocycles. The van der Waals surface area contributed by atoms with Crippen LogP contribution in [-0.2, 0) is 6.61 Å². The maximum Gasteiger partial charge on any atom is 0.124 e. The van der Waals surface area contributed by atoms with Crippen molar-refractivity contribution in [3.8, 4) is 17.0 Å². The van der Waals surface area contributed by atoms with Crippen LogP contribution in [0.15, 0.2) is 59.3 Å². The van der Waals surface area contributed by atoms with E-state index in [9.17, 15) is 0 Å². The second kappa shape index (κ2) is 6.02. The van der Waals surface area contributed by atoms with Gasteiger partial charge in [-0.1, -0.05) is 47.1 Å². The zero-order chi connectivity index (χ0) is 14.7. The van der Waals surface area contributed by atoms with Gasteiger partial charge < -0.3 is 9.26 Å². The van der Waals surface area contributed by atoms with Crippen LogP contribution in [0.3, 0.4) is 0 Å². The number of benzene rings is 2. The fourth-order valence-corrected chi connectivity index (χ4v) is 2.19. The number of nitrogens with zero attached hydrogens (tertiary/aromatic N) is 1. The number of ether oxygens (including phenoxy) is 1. The van der Waals surface area contributed by atoms with Gasteiger partial charge in [-0.05, 0) is 30.2 Å². The van der Waals surface area contributed by atoms with Gasteiger partial charge in [-0.25, -0.2) is 0 Å². The topological polar surface area (TPSA) is 35.3 Å². The van der Waals surface area contributed by atoms with Crippen LogP contribution in [0.2, 0.25) is 5.02 Å². The van der Waals surface area contributed by atoms with Crippen molar-refractivity contribution in [1.82, 2.24) is 5.16 Å². The van der Waals surface area contributed by atoms with E-state index in [4.69, 9.17) is 20.9 Å². The molecule has 2 aromatic carbocycles. The molecule has 1 heterocycles. The number of aryl methyl sites for hydroxylation is 1. The highest BCUT2D eigenvalue weighted by molar-refractivity contribution is 6.30. The molecular formula is C17H14ClNO2. The Morgan fingerprint density at radius 2 is 1.90 bits per heavy atom. The summed E-state index contributed by atoms with van der Waals surface area (Å²) in [5.41, 5.74) is 4.00. The summed E-state index contributed by atoms with van der Waals surface area (Å²) in [5, 5.41) is 4.59. The van der Waals surface area contributed by atoms with Crippen LogP contribution in [-0.4, -0.2) is 5.16 Å². The average molecular weight is 300 g/mol. The molecule has 0 aliphatic rings. The van der Waals surface area contributed by atoms with E-state index < -0.39 is 0 Å². The third kappa shape index (κ3) is 3.26. The van der Waals surface area contributed by atoms with Crippen LogP contribution >= 0.6 is 11.6 Å². The predicted molar refractivity (Wildman–Crippen MR) is 82.5 cm³/mol. The maximum atomic E-state index is 5.98. The molecule has 0 radical (unpaired) electrons. The minimum absolute atomic E-state index is 0.500. The van der Waals surface area contributed by atoms with Gasteiger partial charge in [-0.15, -0.1) is 0 Å². The normalized spacial score (nSPS) is 10.6. The van der Waals surface area contributed by atoms with Crippen LogP contribution in [0, 0.1) is 6.92 Å². The van der Waals surface area contributed by atoms with Crippen molar-refractivity contribution < 1.29 is 9.26 Å². The Balaban J connectivity index is 1.70. The molecule has 1 aromatic heterocycles. The quantitative estimate of drug-likeness (QED) is 0.688. The van der Waals surface area contributed by atoms with Crippen molar-refractivity contribution in [3.05, 3.63) is 70.9 Å². The Hall–Kier alpha value is -2.26. The van der Waals surface area contributed by atoms with Gasteiger partial charge in [-0.2, -0.15) is 0 Å². The van der Waals surface area contributed by atoms with E-state index in [1.165, 1.54) is 0 Å². The van der Waals surface area contributed by atoms with Crippen LogP contribution in [0.4, 0.5) is 0 Å². The maximum absolute atomic E-state index is 5.98. The zero-order valence-electron chi connectivity index (χ0n) is 11.5. The average Bonchev–Trinajstić information content (AvgIpc) is 3.03. The van der Waals surface area contributed by atoms with Gasteiger partial charge in [0.1, 0.15) is 24.3 Å². The fraction of sp³-hybridized carbons (Fsp3) is 0.118. The van der Waals surface area contributed by atoms with Crippen molar-refractivity contribution in [2.45, 2.75) is 13.5 Å². The smallest absolute Gasteiger partial charge is 0.124 e. The van der Waals surface area contributed by atoms with Crippen molar-refractivity contribution in [1.29, 1.82) is 0 Å². The molecule has 4 heteroatoms.